The second-order valence-corrected chi connectivity index (χ2v) is 3.72. The molecule has 0 bridgehead atoms. The Morgan fingerprint density at radius 1 is 1.57 bits per heavy atom. The highest BCUT2D eigenvalue weighted by molar-refractivity contribution is 7.14. The molecule has 1 heterocycles. The first-order chi connectivity index (χ1) is 6.52. The van der Waals surface area contributed by atoms with E-state index in [1.165, 1.54) is 11.3 Å². The number of nitrogens with one attached hydrogen (secondary N) is 1. The van der Waals surface area contributed by atoms with Gasteiger partial charge in [0.15, 0.2) is 0 Å². The van der Waals surface area contributed by atoms with Gasteiger partial charge in [0.05, 0.1) is 11.6 Å². The molecule has 6 heteroatoms. The van der Waals surface area contributed by atoms with Gasteiger partial charge in [-0.25, -0.2) is 0 Å². The molecule has 0 unspecified atom stereocenters. The predicted octanol–water partition coefficient (Wildman–Crippen LogP) is 0.133. The fourth-order valence-corrected chi connectivity index (χ4v) is 1.62. The Kier molecular flexibility index (Phi) is 3.21. The summed E-state index contributed by atoms with van der Waals surface area (Å²) < 4.78 is 0. The van der Waals surface area contributed by atoms with E-state index < -0.39 is 11.9 Å². The van der Waals surface area contributed by atoms with Crippen LogP contribution in [0.3, 0.4) is 0 Å². The first kappa shape index (κ1) is 10.7. The molecule has 0 aromatic carbocycles. The number of hydrogen-bond donors (Lipinski definition) is 3. The van der Waals surface area contributed by atoms with Crippen LogP contribution in [0.4, 0.5) is 5.00 Å². The number of amides is 2. The summed E-state index contributed by atoms with van der Waals surface area (Å²) in [6, 6.07) is 0.946. The third kappa shape index (κ3) is 2.30. The second kappa shape index (κ2) is 4.21. The molecular weight excluding hydrogens is 202 g/mol. The topological polar surface area (TPSA) is 98.2 Å². The Bertz CT molecular complexity index is 359. The van der Waals surface area contributed by atoms with Crippen LogP contribution < -0.4 is 16.8 Å². The van der Waals surface area contributed by atoms with Gasteiger partial charge < -0.3 is 16.8 Å². The quantitative estimate of drug-likeness (QED) is 0.665. The van der Waals surface area contributed by atoms with Gasteiger partial charge >= 0.3 is 0 Å². The van der Waals surface area contributed by atoms with Crippen molar-refractivity contribution < 1.29 is 9.59 Å². The molecule has 5 N–H and O–H groups in total. The number of primary amides is 1. The molecule has 1 rings (SSSR count). The van der Waals surface area contributed by atoms with E-state index in [4.69, 9.17) is 11.5 Å². The van der Waals surface area contributed by atoms with Crippen molar-refractivity contribution in [1.82, 2.24) is 0 Å². The Labute approximate surface area is 85.1 Å². The zero-order valence-electron chi connectivity index (χ0n) is 7.61. The number of carbonyl (C=O) groups is 2. The van der Waals surface area contributed by atoms with Crippen molar-refractivity contribution in [3.8, 4) is 0 Å². The molecule has 1 atom stereocenters. The Morgan fingerprint density at radius 3 is 2.71 bits per heavy atom. The number of hydrogen-bond acceptors (Lipinski definition) is 4. The normalized spacial score (nSPS) is 12.1. The smallest absolute Gasteiger partial charge is 0.251 e. The average Bonchev–Trinajstić information content (AvgIpc) is 2.52. The minimum Gasteiger partial charge on any atom is -0.366 e. The van der Waals surface area contributed by atoms with Gasteiger partial charge in [0.2, 0.25) is 5.91 Å². The molecule has 76 valence electrons. The number of anilines is 1. The molecule has 14 heavy (non-hydrogen) atoms. The summed E-state index contributed by atoms with van der Waals surface area (Å²) in [5.74, 6) is -0.902. The molecule has 2 amide bonds. The first-order valence-electron chi connectivity index (χ1n) is 3.96. The Morgan fingerprint density at radius 2 is 2.21 bits per heavy atom. The van der Waals surface area contributed by atoms with Gasteiger partial charge in [-0.1, -0.05) is 0 Å². The summed E-state index contributed by atoms with van der Waals surface area (Å²) in [6.07, 6.45) is 0. The third-order valence-electron chi connectivity index (χ3n) is 1.58. The Balaban J connectivity index is 2.82. The zero-order chi connectivity index (χ0) is 10.7. The number of thiophene rings is 1. The van der Waals surface area contributed by atoms with Crippen molar-refractivity contribution >= 4 is 28.2 Å². The monoisotopic (exact) mass is 213 g/mol. The van der Waals surface area contributed by atoms with Gasteiger partial charge in [0, 0.05) is 0 Å². The van der Waals surface area contributed by atoms with Gasteiger partial charge in [0.25, 0.3) is 5.91 Å². The van der Waals surface area contributed by atoms with Crippen LogP contribution in [0, 0.1) is 0 Å². The Hall–Kier alpha value is -1.40. The summed E-state index contributed by atoms with van der Waals surface area (Å²) in [6.45, 7) is 1.56. The summed E-state index contributed by atoms with van der Waals surface area (Å²) in [5.41, 5.74) is 10.8. The molecule has 1 aromatic rings. The maximum absolute atomic E-state index is 11.2. The van der Waals surface area contributed by atoms with E-state index >= 15 is 0 Å². The predicted molar refractivity (Wildman–Crippen MR) is 55.1 cm³/mol. The highest BCUT2D eigenvalue weighted by Crippen LogP contribution is 2.22. The molecule has 0 fully saturated rings. The van der Waals surface area contributed by atoms with Crippen LogP contribution in [-0.4, -0.2) is 17.9 Å². The minimum absolute atomic E-state index is 0.309. The van der Waals surface area contributed by atoms with E-state index in [9.17, 15) is 9.59 Å². The van der Waals surface area contributed by atoms with Crippen LogP contribution in [0.15, 0.2) is 11.4 Å². The van der Waals surface area contributed by atoms with Gasteiger partial charge in [-0.2, -0.15) is 0 Å². The second-order valence-electron chi connectivity index (χ2n) is 2.81. The van der Waals surface area contributed by atoms with Crippen molar-refractivity contribution in [2.24, 2.45) is 11.5 Å². The molecule has 0 aliphatic rings. The first-order valence-corrected chi connectivity index (χ1v) is 4.84. The molecule has 0 aliphatic heterocycles. The van der Waals surface area contributed by atoms with Gasteiger partial charge in [0.1, 0.15) is 5.00 Å². The fraction of sp³-hybridized carbons (Fsp3) is 0.250. The van der Waals surface area contributed by atoms with Crippen LogP contribution >= 0.6 is 11.3 Å². The fourth-order valence-electron chi connectivity index (χ4n) is 0.826. The molecule has 0 aliphatic carbocycles. The van der Waals surface area contributed by atoms with E-state index in [0.29, 0.717) is 10.6 Å². The molecule has 0 radical (unpaired) electrons. The third-order valence-corrected chi connectivity index (χ3v) is 2.41. The summed E-state index contributed by atoms with van der Waals surface area (Å²) >= 11 is 1.24. The number of nitrogens with two attached hydrogens (primary N) is 2. The lowest BCUT2D eigenvalue weighted by Gasteiger charge is -2.06. The summed E-state index contributed by atoms with van der Waals surface area (Å²) in [5, 5.41) is 4.65. The molecule has 0 spiro atoms. The van der Waals surface area contributed by atoms with Crippen LogP contribution in [0.5, 0.6) is 0 Å². The molecular formula is C8H11N3O2S. The largest absolute Gasteiger partial charge is 0.366 e. The van der Waals surface area contributed by atoms with Crippen LogP contribution in [-0.2, 0) is 4.79 Å². The minimum atomic E-state index is -0.613. The van der Waals surface area contributed by atoms with E-state index in [2.05, 4.69) is 5.32 Å². The van der Waals surface area contributed by atoms with Crippen molar-refractivity contribution in [1.29, 1.82) is 0 Å². The zero-order valence-corrected chi connectivity index (χ0v) is 8.43. The van der Waals surface area contributed by atoms with E-state index in [1.807, 2.05) is 0 Å². The van der Waals surface area contributed by atoms with E-state index in [0.717, 1.165) is 0 Å². The standard InChI is InChI=1S/C8H11N3O2S/c1-4(9)7(13)11-8-5(6(10)12)2-3-14-8/h2-4H,9H2,1H3,(H2,10,12)(H,11,13)/t4-/m1/s1. The molecule has 5 nitrogen and oxygen atoms in total. The molecule has 0 saturated heterocycles. The van der Waals surface area contributed by atoms with Crippen LogP contribution in [0.2, 0.25) is 0 Å². The molecule has 1 aromatic heterocycles. The SMILES string of the molecule is C[C@@H](N)C(=O)Nc1sccc1C(N)=O. The summed E-state index contributed by atoms with van der Waals surface area (Å²) in [7, 11) is 0. The number of rotatable bonds is 3. The maximum Gasteiger partial charge on any atom is 0.251 e. The van der Waals surface area contributed by atoms with E-state index in [1.54, 1.807) is 18.4 Å². The van der Waals surface area contributed by atoms with Crippen LogP contribution in [0.1, 0.15) is 17.3 Å². The van der Waals surface area contributed by atoms with Gasteiger partial charge in [-0.3, -0.25) is 9.59 Å². The highest BCUT2D eigenvalue weighted by atomic mass is 32.1. The van der Waals surface area contributed by atoms with Gasteiger partial charge in [-0.05, 0) is 18.4 Å². The lowest BCUT2D eigenvalue weighted by molar-refractivity contribution is -0.117. The van der Waals surface area contributed by atoms with Crippen molar-refractivity contribution in [2.45, 2.75) is 13.0 Å². The maximum atomic E-state index is 11.2. The highest BCUT2D eigenvalue weighted by Gasteiger charge is 2.14. The lowest BCUT2D eigenvalue weighted by Crippen LogP contribution is -2.32. The van der Waals surface area contributed by atoms with Gasteiger partial charge in [-0.15, -0.1) is 11.3 Å². The summed E-state index contributed by atoms with van der Waals surface area (Å²) in [4.78, 5) is 22.1. The number of carbonyl (C=O) groups excluding carboxylic acids is 2. The van der Waals surface area contributed by atoms with Crippen molar-refractivity contribution in [2.75, 3.05) is 5.32 Å². The molecule has 0 saturated carbocycles. The lowest BCUT2D eigenvalue weighted by atomic mass is 10.3. The van der Waals surface area contributed by atoms with Crippen molar-refractivity contribution in [3.63, 3.8) is 0 Å². The van der Waals surface area contributed by atoms with Crippen molar-refractivity contribution in [3.05, 3.63) is 17.0 Å². The van der Waals surface area contributed by atoms with E-state index in [-0.39, 0.29) is 5.91 Å². The average molecular weight is 213 g/mol. The van der Waals surface area contributed by atoms with Crippen LogP contribution in [0.25, 0.3) is 0 Å².